The summed E-state index contributed by atoms with van der Waals surface area (Å²) in [6, 6.07) is 17.5. The van der Waals surface area contributed by atoms with Crippen molar-refractivity contribution < 1.29 is 14.0 Å². The van der Waals surface area contributed by atoms with Gasteiger partial charge in [0.15, 0.2) is 0 Å². The van der Waals surface area contributed by atoms with Gasteiger partial charge >= 0.3 is 6.03 Å². The van der Waals surface area contributed by atoms with Crippen LogP contribution >= 0.6 is 11.6 Å². The van der Waals surface area contributed by atoms with E-state index in [1.54, 1.807) is 48.5 Å². The maximum atomic E-state index is 14.3. The predicted molar refractivity (Wildman–Crippen MR) is 138 cm³/mol. The minimum Gasteiger partial charge on any atom is -0.333 e. The molecular formula is C27H26ClFN4O2. The van der Waals surface area contributed by atoms with E-state index in [4.69, 9.17) is 16.6 Å². The first kappa shape index (κ1) is 24.4. The van der Waals surface area contributed by atoms with Crippen molar-refractivity contribution in [3.05, 3.63) is 94.3 Å². The Morgan fingerprint density at radius 1 is 1.09 bits per heavy atom. The van der Waals surface area contributed by atoms with Crippen molar-refractivity contribution >= 4 is 40.6 Å². The van der Waals surface area contributed by atoms with Crippen LogP contribution in [0, 0.1) is 5.82 Å². The Kier molecular flexibility index (Phi) is 6.89. The van der Waals surface area contributed by atoms with Gasteiger partial charge in [-0.2, -0.15) is 0 Å². The number of benzodiazepines with no additional fused rings is 1. The van der Waals surface area contributed by atoms with Crippen LogP contribution in [0.15, 0.2) is 71.7 Å². The second-order valence-corrected chi connectivity index (χ2v) is 9.81. The van der Waals surface area contributed by atoms with E-state index in [0.717, 1.165) is 5.56 Å². The summed E-state index contributed by atoms with van der Waals surface area (Å²) < 4.78 is 14.3. The Bertz CT molecular complexity index is 1300. The molecule has 0 radical (unpaired) electrons. The van der Waals surface area contributed by atoms with E-state index in [9.17, 15) is 14.0 Å². The van der Waals surface area contributed by atoms with Crippen molar-refractivity contribution in [1.29, 1.82) is 0 Å². The molecule has 35 heavy (non-hydrogen) atoms. The number of urea groups is 1. The Morgan fingerprint density at radius 2 is 1.80 bits per heavy atom. The van der Waals surface area contributed by atoms with Crippen molar-refractivity contribution in [3.63, 3.8) is 0 Å². The predicted octanol–water partition coefficient (Wildman–Crippen LogP) is 5.80. The molecule has 1 heterocycles. The monoisotopic (exact) mass is 492 g/mol. The highest BCUT2D eigenvalue weighted by molar-refractivity contribution is 6.32. The normalized spacial score (nSPS) is 15.4. The van der Waals surface area contributed by atoms with E-state index < -0.39 is 6.04 Å². The Hall–Kier alpha value is -3.71. The van der Waals surface area contributed by atoms with Gasteiger partial charge < -0.3 is 16.0 Å². The number of hydrogen-bond acceptors (Lipinski definition) is 3. The maximum absolute atomic E-state index is 14.3. The summed E-state index contributed by atoms with van der Waals surface area (Å²) in [6.45, 7) is 5.69. The Labute approximate surface area is 208 Å². The molecule has 0 aromatic heterocycles. The molecule has 3 aromatic carbocycles. The smallest absolute Gasteiger partial charge is 0.319 e. The van der Waals surface area contributed by atoms with Gasteiger partial charge in [-0.3, -0.25) is 9.79 Å². The molecule has 180 valence electrons. The summed E-state index contributed by atoms with van der Waals surface area (Å²) >= 11 is 6.27. The van der Waals surface area contributed by atoms with E-state index in [1.165, 1.54) is 6.07 Å². The van der Waals surface area contributed by atoms with Crippen molar-refractivity contribution in [2.75, 3.05) is 10.6 Å². The third kappa shape index (κ3) is 6.05. The first-order valence-electron chi connectivity index (χ1n) is 11.2. The highest BCUT2D eigenvalue weighted by Gasteiger charge is 2.27. The average Bonchev–Trinajstić information content (AvgIpc) is 2.91. The van der Waals surface area contributed by atoms with Crippen LogP contribution in [0.4, 0.5) is 20.6 Å². The molecular weight excluding hydrogens is 467 g/mol. The standard InChI is InChI=1S/C27H26ClFN4O2/c1-27(2,3)33-26(35)30-19-11-8-16(9-12-19)24-20-15-18(28)10-13-22(20)32-25(34)23(31-24)14-17-6-4-5-7-21(17)29/h4-13,15,23H,14H2,1-3H3,(H,32,34)(H2,30,33,35). The molecule has 1 aliphatic heterocycles. The molecule has 0 aliphatic carbocycles. The van der Waals surface area contributed by atoms with Crippen LogP contribution in [0.5, 0.6) is 0 Å². The molecule has 3 aromatic rings. The van der Waals surface area contributed by atoms with Crippen molar-refractivity contribution in [3.8, 4) is 0 Å². The van der Waals surface area contributed by atoms with Gasteiger partial charge in [0.25, 0.3) is 0 Å². The molecule has 0 spiro atoms. The lowest BCUT2D eigenvalue weighted by molar-refractivity contribution is -0.117. The summed E-state index contributed by atoms with van der Waals surface area (Å²) in [4.78, 5) is 30.0. The van der Waals surface area contributed by atoms with E-state index >= 15 is 0 Å². The molecule has 1 aliphatic rings. The minimum absolute atomic E-state index is 0.107. The number of amides is 3. The van der Waals surface area contributed by atoms with Gasteiger partial charge in [-0.15, -0.1) is 0 Å². The van der Waals surface area contributed by atoms with Crippen molar-refractivity contribution in [1.82, 2.24) is 5.32 Å². The molecule has 0 fully saturated rings. The Balaban J connectivity index is 1.69. The molecule has 0 bridgehead atoms. The van der Waals surface area contributed by atoms with E-state index in [2.05, 4.69) is 16.0 Å². The molecule has 1 unspecified atom stereocenters. The fourth-order valence-electron chi connectivity index (χ4n) is 3.78. The fourth-order valence-corrected chi connectivity index (χ4v) is 3.95. The number of nitrogens with zero attached hydrogens (tertiary/aromatic N) is 1. The number of nitrogens with one attached hydrogen (secondary N) is 3. The quantitative estimate of drug-likeness (QED) is 0.430. The first-order valence-corrected chi connectivity index (χ1v) is 11.6. The lowest BCUT2D eigenvalue weighted by Gasteiger charge is -2.20. The second-order valence-electron chi connectivity index (χ2n) is 9.37. The Morgan fingerprint density at radius 3 is 2.49 bits per heavy atom. The summed E-state index contributed by atoms with van der Waals surface area (Å²) in [7, 11) is 0. The third-order valence-electron chi connectivity index (χ3n) is 5.36. The third-order valence-corrected chi connectivity index (χ3v) is 5.59. The van der Waals surface area contributed by atoms with Crippen LogP contribution in [-0.2, 0) is 11.2 Å². The van der Waals surface area contributed by atoms with E-state index in [0.29, 0.717) is 33.2 Å². The largest absolute Gasteiger partial charge is 0.333 e. The molecule has 6 nitrogen and oxygen atoms in total. The van der Waals surface area contributed by atoms with Crippen LogP contribution in [-0.4, -0.2) is 29.2 Å². The summed E-state index contributed by atoms with van der Waals surface area (Å²) in [5.74, 6) is -0.713. The van der Waals surface area contributed by atoms with Gasteiger partial charge in [-0.25, -0.2) is 9.18 Å². The highest BCUT2D eigenvalue weighted by atomic mass is 35.5. The highest BCUT2D eigenvalue weighted by Crippen LogP contribution is 2.29. The van der Waals surface area contributed by atoms with Crippen LogP contribution in [0.2, 0.25) is 5.02 Å². The van der Waals surface area contributed by atoms with Gasteiger partial charge in [-0.1, -0.05) is 41.9 Å². The van der Waals surface area contributed by atoms with Crippen molar-refractivity contribution in [2.45, 2.75) is 38.8 Å². The minimum atomic E-state index is -0.844. The van der Waals surface area contributed by atoms with Crippen LogP contribution in [0.3, 0.4) is 0 Å². The zero-order valence-corrected chi connectivity index (χ0v) is 20.4. The average molecular weight is 493 g/mol. The molecule has 0 saturated carbocycles. The topological polar surface area (TPSA) is 82.6 Å². The lowest BCUT2D eigenvalue weighted by atomic mass is 10.00. The van der Waals surface area contributed by atoms with Gasteiger partial charge in [-0.05, 0) is 62.7 Å². The van der Waals surface area contributed by atoms with Crippen LogP contribution in [0.1, 0.15) is 37.5 Å². The number of halogens is 2. The number of benzene rings is 3. The van der Waals surface area contributed by atoms with E-state index in [1.807, 2.05) is 32.9 Å². The molecule has 3 amide bonds. The number of carbonyl (C=O) groups is 2. The SMILES string of the molecule is CC(C)(C)NC(=O)Nc1ccc(C2=NC(Cc3ccccc3F)C(=O)Nc3ccc(Cl)cc32)cc1. The molecule has 8 heteroatoms. The molecule has 3 N–H and O–H groups in total. The number of fused-ring (bicyclic) bond motifs is 1. The zero-order valence-electron chi connectivity index (χ0n) is 19.7. The second kappa shape index (κ2) is 9.88. The van der Waals surface area contributed by atoms with Gasteiger partial charge in [0.05, 0.1) is 11.4 Å². The van der Waals surface area contributed by atoms with E-state index in [-0.39, 0.29) is 29.7 Å². The number of carbonyl (C=O) groups excluding carboxylic acids is 2. The summed E-state index contributed by atoms with van der Waals surface area (Å²) in [5, 5.41) is 9.05. The van der Waals surface area contributed by atoms with Gasteiger partial charge in [0.2, 0.25) is 5.91 Å². The fraction of sp³-hybridized carbons (Fsp3) is 0.222. The first-order chi connectivity index (χ1) is 16.6. The van der Waals surface area contributed by atoms with Crippen molar-refractivity contribution in [2.24, 2.45) is 4.99 Å². The van der Waals surface area contributed by atoms with Gasteiger partial charge in [0.1, 0.15) is 11.9 Å². The molecule has 4 rings (SSSR count). The van der Waals surface area contributed by atoms with Gasteiger partial charge in [0, 0.05) is 33.8 Å². The molecule has 0 saturated heterocycles. The number of rotatable bonds is 4. The number of aliphatic imine (C=N–C) groups is 1. The lowest BCUT2D eigenvalue weighted by Crippen LogP contribution is -2.43. The summed E-state index contributed by atoms with van der Waals surface area (Å²) in [6.07, 6.45) is 0.107. The summed E-state index contributed by atoms with van der Waals surface area (Å²) in [5.41, 5.74) is 3.15. The maximum Gasteiger partial charge on any atom is 0.319 e. The zero-order chi connectivity index (χ0) is 25.2. The van der Waals surface area contributed by atoms with Crippen LogP contribution < -0.4 is 16.0 Å². The molecule has 1 atom stereocenters. The number of hydrogen-bond donors (Lipinski definition) is 3. The number of anilines is 2. The van der Waals surface area contributed by atoms with Crippen LogP contribution in [0.25, 0.3) is 0 Å².